The van der Waals surface area contributed by atoms with E-state index in [0.29, 0.717) is 0 Å². The van der Waals surface area contributed by atoms with Crippen molar-refractivity contribution in [2.45, 2.75) is 0 Å². The van der Waals surface area contributed by atoms with Crippen molar-refractivity contribution in [3.05, 3.63) is 158 Å². The fourth-order valence-corrected chi connectivity index (χ4v) is 10.0. The molecule has 0 unspecified atom stereocenters. The molecule has 2 heteroatoms. The van der Waals surface area contributed by atoms with Gasteiger partial charge in [-0.3, -0.25) is 0 Å². The molecule has 0 atom stereocenters. The van der Waals surface area contributed by atoms with Crippen LogP contribution in [0, 0.1) is 0 Å². The molecule has 0 nitrogen and oxygen atoms in total. The molecule has 0 N–H and O–H groups in total. The van der Waals surface area contributed by atoms with Gasteiger partial charge < -0.3 is 0 Å². The first-order chi connectivity index (χ1) is 22.8. The Hall–Kier alpha value is -5.28. The molecule has 0 aliphatic carbocycles. The van der Waals surface area contributed by atoms with Gasteiger partial charge in [0.2, 0.25) is 0 Å². The maximum absolute atomic E-state index is 2.46. The summed E-state index contributed by atoms with van der Waals surface area (Å²) in [7, 11) is 0. The monoisotopic (exact) mass is 618 g/mol. The van der Waals surface area contributed by atoms with Crippen molar-refractivity contribution in [2.24, 2.45) is 0 Å². The first-order valence-corrected chi connectivity index (χ1v) is 17.3. The molecule has 0 amide bonds. The van der Waals surface area contributed by atoms with E-state index in [9.17, 15) is 0 Å². The van der Waals surface area contributed by atoms with Crippen LogP contribution in [0.1, 0.15) is 0 Å². The molecule has 0 saturated heterocycles. The number of hydrogen-bond donors (Lipinski definition) is 0. The van der Waals surface area contributed by atoms with Crippen molar-refractivity contribution in [3.8, 4) is 32.7 Å². The fourth-order valence-electron chi connectivity index (χ4n) is 7.49. The molecule has 214 valence electrons. The molecule has 0 fully saturated rings. The lowest BCUT2D eigenvalue weighted by molar-refractivity contribution is 1.68. The number of hydrogen-bond acceptors (Lipinski definition) is 2. The second-order valence-corrected chi connectivity index (χ2v) is 14.1. The van der Waals surface area contributed by atoms with E-state index in [2.05, 4.69) is 158 Å². The van der Waals surface area contributed by atoms with Gasteiger partial charge in [-0.05, 0) is 67.2 Å². The summed E-state index contributed by atoms with van der Waals surface area (Å²) in [5.41, 5.74) is 6.49. The largest absolute Gasteiger partial charge is 0.135 e. The Kier molecular flexibility index (Phi) is 5.72. The van der Waals surface area contributed by atoms with Gasteiger partial charge in [-0.15, -0.1) is 22.7 Å². The van der Waals surface area contributed by atoms with Crippen molar-refractivity contribution >= 4 is 85.2 Å². The van der Waals surface area contributed by atoms with Crippen molar-refractivity contribution in [3.63, 3.8) is 0 Å². The zero-order valence-corrected chi connectivity index (χ0v) is 26.5. The summed E-state index contributed by atoms with van der Waals surface area (Å²) in [6.45, 7) is 0. The molecule has 0 radical (unpaired) electrons. The Bertz CT molecular complexity index is 2740. The molecular formula is C44H26S2. The molecule has 0 spiro atoms. The Morgan fingerprint density at radius 2 is 0.870 bits per heavy atom. The van der Waals surface area contributed by atoms with Crippen molar-refractivity contribution in [1.29, 1.82) is 0 Å². The van der Waals surface area contributed by atoms with Crippen molar-refractivity contribution in [2.75, 3.05) is 0 Å². The van der Waals surface area contributed by atoms with Crippen molar-refractivity contribution in [1.82, 2.24) is 0 Å². The lowest BCUT2D eigenvalue weighted by atomic mass is 9.85. The summed E-state index contributed by atoms with van der Waals surface area (Å²) < 4.78 is 4.03. The molecular weight excluding hydrogens is 593 g/mol. The first-order valence-electron chi connectivity index (χ1n) is 15.7. The van der Waals surface area contributed by atoms with Crippen LogP contribution in [0.2, 0.25) is 0 Å². The molecule has 0 bridgehead atoms. The Morgan fingerprint density at radius 3 is 1.61 bits per heavy atom. The molecule has 0 aliphatic heterocycles. The third-order valence-corrected chi connectivity index (χ3v) is 11.8. The third kappa shape index (κ3) is 3.78. The summed E-state index contributed by atoms with van der Waals surface area (Å²) in [5.74, 6) is 0. The minimum atomic E-state index is 1.26. The van der Waals surface area contributed by atoms with Crippen LogP contribution >= 0.6 is 22.7 Å². The predicted octanol–water partition coefficient (Wildman–Crippen LogP) is 13.7. The zero-order valence-electron chi connectivity index (χ0n) is 24.8. The highest BCUT2D eigenvalue weighted by Crippen LogP contribution is 2.53. The first kappa shape index (κ1) is 26.0. The van der Waals surface area contributed by atoms with Gasteiger partial charge >= 0.3 is 0 Å². The summed E-state index contributed by atoms with van der Waals surface area (Å²) in [4.78, 5) is 1.33. The quantitative estimate of drug-likeness (QED) is 0.173. The number of rotatable bonds is 3. The van der Waals surface area contributed by atoms with E-state index in [4.69, 9.17) is 0 Å². The van der Waals surface area contributed by atoms with Gasteiger partial charge in [0.05, 0.1) is 0 Å². The Balaban J connectivity index is 1.37. The molecule has 46 heavy (non-hydrogen) atoms. The van der Waals surface area contributed by atoms with Gasteiger partial charge in [0, 0.05) is 46.3 Å². The SMILES string of the molecule is c1ccc(-c2c(-c3c4ccccc4c(-c4cccc5ccccc45)c4ccccc34)sc3cc4sc5ccccc5c4cc23)cc1. The smallest absolute Gasteiger partial charge is 0.0446 e. The van der Waals surface area contributed by atoms with Crippen LogP contribution in [0.25, 0.3) is 95.3 Å². The van der Waals surface area contributed by atoms with Gasteiger partial charge in [0.25, 0.3) is 0 Å². The highest BCUT2D eigenvalue weighted by Gasteiger charge is 2.23. The third-order valence-electron chi connectivity index (χ3n) is 9.47. The van der Waals surface area contributed by atoms with Crippen LogP contribution in [0.15, 0.2) is 158 Å². The minimum Gasteiger partial charge on any atom is -0.135 e. The van der Waals surface area contributed by atoms with Gasteiger partial charge in [-0.25, -0.2) is 0 Å². The van der Waals surface area contributed by atoms with Crippen LogP contribution < -0.4 is 0 Å². The molecule has 0 saturated carbocycles. The average molecular weight is 619 g/mol. The van der Waals surface area contributed by atoms with E-state index in [1.54, 1.807) is 0 Å². The minimum absolute atomic E-state index is 1.26. The van der Waals surface area contributed by atoms with Crippen LogP contribution in [0.4, 0.5) is 0 Å². The zero-order chi connectivity index (χ0) is 30.2. The van der Waals surface area contributed by atoms with Crippen molar-refractivity contribution < 1.29 is 0 Å². The topological polar surface area (TPSA) is 0 Å². The number of fused-ring (bicyclic) bond motifs is 7. The van der Waals surface area contributed by atoms with E-state index in [0.717, 1.165) is 0 Å². The Labute approximate surface area is 274 Å². The normalized spacial score (nSPS) is 11.9. The van der Waals surface area contributed by atoms with Crippen LogP contribution in [0.5, 0.6) is 0 Å². The fraction of sp³-hybridized carbons (Fsp3) is 0. The molecule has 0 aliphatic rings. The van der Waals surface area contributed by atoms with Crippen LogP contribution in [0.3, 0.4) is 0 Å². The molecule has 10 aromatic rings. The van der Waals surface area contributed by atoms with Gasteiger partial charge in [-0.2, -0.15) is 0 Å². The van der Waals surface area contributed by atoms with Gasteiger partial charge in [-0.1, -0.05) is 140 Å². The second kappa shape index (κ2) is 10.1. The Morgan fingerprint density at radius 1 is 0.304 bits per heavy atom. The number of thiophene rings is 2. The molecule has 10 rings (SSSR count). The molecule has 2 aromatic heterocycles. The summed E-state index contributed by atoms with van der Waals surface area (Å²) in [5, 5.41) is 11.7. The van der Waals surface area contributed by atoms with E-state index >= 15 is 0 Å². The lowest BCUT2D eigenvalue weighted by Gasteiger charge is -2.19. The number of benzene rings is 8. The summed E-state index contributed by atoms with van der Waals surface area (Å²) >= 11 is 3.83. The highest BCUT2D eigenvalue weighted by molar-refractivity contribution is 7.27. The second-order valence-electron chi connectivity index (χ2n) is 12.0. The summed E-state index contributed by atoms with van der Waals surface area (Å²) in [6.07, 6.45) is 0. The maximum atomic E-state index is 2.46. The van der Waals surface area contributed by atoms with Gasteiger partial charge in [0.15, 0.2) is 0 Å². The highest BCUT2D eigenvalue weighted by atomic mass is 32.1. The van der Waals surface area contributed by atoms with E-state index in [1.165, 1.54) is 95.3 Å². The standard InChI is InChI=1S/C44H26S2/c1-2-14-28(15-3-1)41-37-25-36-30-18-10-11-24-38(30)45-39(36)26-40(37)46-44(41)43-34-21-8-6-19-32(34)42(33-20-7-9-22-35(33)43)31-23-12-16-27-13-4-5-17-29(27)31/h1-26H. The van der Waals surface area contributed by atoms with Gasteiger partial charge in [0.1, 0.15) is 0 Å². The predicted molar refractivity (Wildman–Crippen MR) is 204 cm³/mol. The maximum Gasteiger partial charge on any atom is 0.0446 e. The summed E-state index contributed by atoms with van der Waals surface area (Å²) in [6, 6.07) is 58.3. The van der Waals surface area contributed by atoms with E-state index in [1.807, 2.05) is 22.7 Å². The lowest BCUT2D eigenvalue weighted by Crippen LogP contribution is -1.91. The van der Waals surface area contributed by atoms with Crippen LogP contribution in [-0.4, -0.2) is 0 Å². The van der Waals surface area contributed by atoms with E-state index < -0.39 is 0 Å². The van der Waals surface area contributed by atoms with Crippen LogP contribution in [-0.2, 0) is 0 Å². The van der Waals surface area contributed by atoms with E-state index in [-0.39, 0.29) is 0 Å². The molecule has 2 heterocycles. The average Bonchev–Trinajstić information content (AvgIpc) is 3.67. The molecule has 8 aromatic carbocycles.